The molecule has 1 saturated heterocycles. The number of sulfonamides is 1. The third kappa shape index (κ3) is 4.13. The second-order valence-electron chi connectivity index (χ2n) is 5.09. The van der Waals surface area contributed by atoms with Crippen molar-refractivity contribution in [3.63, 3.8) is 0 Å². The second kappa shape index (κ2) is 7.76. The van der Waals surface area contributed by atoms with E-state index in [9.17, 15) is 17.6 Å². The van der Waals surface area contributed by atoms with Crippen molar-refractivity contribution in [1.29, 1.82) is 0 Å². The summed E-state index contributed by atoms with van der Waals surface area (Å²) in [4.78, 5) is 10.5. The van der Waals surface area contributed by atoms with Gasteiger partial charge in [0.05, 0.1) is 10.7 Å². The highest BCUT2D eigenvalue weighted by molar-refractivity contribution is 7.89. The van der Waals surface area contributed by atoms with Crippen molar-refractivity contribution >= 4 is 45.6 Å². The Morgan fingerprint density at radius 3 is 2.74 bits per heavy atom. The van der Waals surface area contributed by atoms with Gasteiger partial charge in [0.15, 0.2) is 0 Å². The molecule has 1 aromatic carbocycles. The lowest BCUT2D eigenvalue weighted by Crippen LogP contribution is -2.40. The highest BCUT2D eigenvalue weighted by Crippen LogP contribution is 2.32. The summed E-state index contributed by atoms with van der Waals surface area (Å²) in [6, 6.07) is 1.59. The summed E-state index contributed by atoms with van der Waals surface area (Å²) in [6.07, 6.45) is 1.33. The lowest BCUT2D eigenvalue weighted by molar-refractivity contribution is -0.114. The Bertz CT molecular complexity index is 700. The van der Waals surface area contributed by atoms with Crippen LogP contribution < -0.4 is 11.1 Å². The van der Waals surface area contributed by atoms with Crippen LogP contribution in [0.5, 0.6) is 0 Å². The van der Waals surface area contributed by atoms with Gasteiger partial charge in [-0.05, 0) is 18.9 Å². The Hall–Kier alpha value is -0.930. The van der Waals surface area contributed by atoms with Crippen LogP contribution >= 0.6 is 24.0 Å². The molecule has 10 heteroatoms. The highest BCUT2D eigenvalue weighted by Gasteiger charge is 2.36. The van der Waals surface area contributed by atoms with Crippen LogP contribution in [0.3, 0.4) is 0 Å². The topological polar surface area (TPSA) is 92.5 Å². The first-order valence-corrected chi connectivity index (χ1v) is 8.57. The molecule has 3 N–H and O–H groups in total. The molecule has 0 radical (unpaired) electrons. The van der Waals surface area contributed by atoms with Crippen molar-refractivity contribution in [3.05, 3.63) is 23.0 Å². The standard InChI is InChI=1S/C13H17ClFN3O3S.ClH/c1-8(19)17-12-6-11(15)13(5-10(12)14)22(20,21)18-4-2-3-9(18)7-16;/h5-6,9H,2-4,7,16H2,1H3,(H,17,19);1H. The zero-order valence-corrected chi connectivity index (χ0v) is 14.8. The van der Waals surface area contributed by atoms with Crippen molar-refractivity contribution in [3.8, 4) is 0 Å². The lowest BCUT2D eigenvalue weighted by atomic mass is 10.2. The van der Waals surface area contributed by atoms with Crippen molar-refractivity contribution in [2.45, 2.75) is 30.7 Å². The summed E-state index contributed by atoms with van der Waals surface area (Å²) < 4.78 is 40.6. The number of nitrogens with two attached hydrogens (primary N) is 1. The van der Waals surface area contributed by atoms with E-state index in [-0.39, 0.29) is 35.7 Å². The highest BCUT2D eigenvalue weighted by atomic mass is 35.5. The average Bonchev–Trinajstić information content (AvgIpc) is 2.91. The van der Waals surface area contributed by atoms with E-state index >= 15 is 0 Å². The number of hydrogen-bond acceptors (Lipinski definition) is 4. The number of carbonyl (C=O) groups excluding carboxylic acids is 1. The summed E-state index contributed by atoms with van der Waals surface area (Å²) in [5.74, 6) is -1.39. The Morgan fingerprint density at radius 2 is 2.17 bits per heavy atom. The normalized spacial score (nSPS) is 18.5. The molecular formula is C13H18Cl2FN3O3S. The Kier molecular flexibility index (Phi) is 6.79. The quantitative estimate of drug-likeness (QED) is 0.828. The summed E-state index contributed by atoms with van der Waals surface area (Å²) in [6.45, 7) is 1.72. The van der Waals surface area contributed by atoms with Crippen LogP contribution in [0.25, 0.3) is 0 Å². The number of halogens is 3. The molecule has 130 valence electrons. The number of carbonyl (C=O) groups is 1. The summed E-state index contributed by atoms with van der Waals surface area (Å²) >= 11 is 5.94. The van der Waals surface area contributed by atoms with E-state index in [1.54, 1.807) is 0 Å². The number of hydrogen-bond donors (Lipinski definition) is 2. The minimum Gasteiger partial charge on any atom is -0.329 e. The summed E-state index contributed by atoms with van der Waals surface area (Å²) in [5.41, 5.74) is 5.60. The number of amides is 1. The van der Waals surface area contributed by atoms with E-state index in [0.717, 1.165) is 12.1 Å². The van der Waals surface area contributed by atoms with Gasteiger partial charge in [0.25, 0.3) is 0 Å². The van der Waals surface area contributed by atoms with Gasteiger partial charge in [-0.2, -0.15) is 4.31 Å². The molecule has 1 amide bonds. The van der Waals surface area contributed by atoms with Gasteiger partial charge in [0.1, 0.15) is 10.7 Å². The molecule has 6 nitrogen and oxygen atoms in total. The smallest absolute Gasteiger partial charge is 0.246 e. The molecule has 1 atom stereocenters. The molecule has 1 aliphatic heterocycles. The van der Waals surface area contributed by atoms with Crippen molar-refractivity contribution in [2.24, 2.45) is 5.73 Å². The van der Waals surface area contributed by atoms with Gasteiger partial charge in [0, 0.05) is 32.1 Å². The van der Waals surface area contributed by atoms with Gasteiger partial charge < -0.3 is 11.1 Å². The maximum absolute atomic E-state index is 14.2. The molecule has 1 unspecified atom stereocenters. The zero-order chi connectivity index (χ0) is 16.5. The predicted molar refractivity (Wildman–Crippen MR) is 88.9 cm³/mol. The average molecular weight is 386 g/mol. The molecule has 0 aromatic heterocycles. The maximum Gasteiger partial charge on any atom is 0.246 e. The van der Waals surface area contributed by atoms with Gasteiger partial charge in [-0.1, -0.05) is 11.6 Å². The third-order valence-electron chi connectivity index (χ3n) is 3.51. The Labute approximate surface area is 145 Å². The molecule has 1 heterocycles. The molecule has 1 aliphatic rings. The molecule has 1 aromatic rings. The summed E-state index contributed by atoms with van der Waals surface area (Å²) in [7, 11) is -4.02. The van der Waals surface area contributed by atoms with Crippen molar-refractivity contribution < 1.29 is 17.6 Å². The monoisotopic (exact) mass is 385 g/mol. The molecule has 0 aliphatic carbocycles. The van der Waals surface area contributed by atoms with E-state index in [0.29, 0.717) is 19.4 Å². The summed E-state index contributed by atoms with van der Waals surface area (Å²) in [5, 5.41) is 2.30. The SMILES string of the molecule is CC(=O)Nc1cc(F)c(S(=O)(=O)N2CCCC2CN)cc1Cl.Cl. The predicted octanol–water partition coefficient (Wildman–Crippen LogP) is 1.97. The first kappa shape index (κ1) is 20.1. The minimum absolute atomic E-state index is 0. The van der Waals surface area contributed by atoms with Crippen LogP contribution in [-0.4, -0.2) is 37.8 Å². The van der Waals surface area contributed by atoms with E-state index < -0.39 is 26.6 Å². The second-order valence-corrected chi connectivity index (χ2v) is 7.36. The van der Waals surface area contributed by atoms with E-state index in [2.05, 4.69) is 5.32 Å². The Balaban J connectivity index is 0.00000264. The van der Waals surface area contributed by atoms with E-state index in [4.69, 9.17) is 17.3 Å². The Morgan fingerprint density at radius 1 is 1.52 bits per heavy atom. The molecule has 2 rings (SSSR count). The van der Waals surface area contributed by atoms with Crippen LogP contribution in [0.2, 0.25) is 5.02 Å². The number of nitrogens with zero attached hydrogens (tertiary/aromatic N) is 1. The first-order valence-electron chi connectivity index (χ1n) is 6.76. The fourth-order valence-corrected chi connectivity index (χ4v) is 4.55. The van der Waals surface area contributed by atoms with E-state index in [1.807, 2.05) is 0 Å². The van der Waals surface area contributed by atoms with Crippen LogP contribution in [-0.2, 0) is 14.8 Å². The van der Waals surface area contributed by atoms with Crippen LogP contribution in [0.15, 0.2) is 17.0 Å². The fourth-order valence-electron chi connectivity index (χ4n) is 2.50. The maximum atomic E-state index is 14.2. The number of nitrogens with one attached hydrogen (secondary N) is 1. The van der Waals surface area contributed by atoms with Gasteiger partial charge in [-0.15, -0.1) is 12.4 Å². The molecule has 1 fully saturated rings. The molecular weight excluding hydrogens is 368 g/mol. The van der Waals surface area contributed by atoms with Crippen molar-refractivity contribution in [1.82, 2.24) is 4.31 Å². The van der Waals surface area contributed by atoms with Gasteiger partial charge in [-0.3, -0.25) is 4.79 Å². The fraction of sp³-hybridized carbons (Fsp3) is 0.462. The van der Waals surface area contributed by atoms with Gasteiger partial charge in [0.2, 0.25) is 15.9 Å². The van der Waals surface area contributed by atoms with Crippen LogP contribution in [0, 0.1) is 5.82 Å². The first-order chi connectivity index (χ1) is 10.3. The number of rotatable bonds is 4. The minimum atomic E-state index is -4.02. The van der Waals surface area contributed by atoms with Crippen LogP contribution in [0.1, 0.15) is 19.8 Å². The lowest BCUT2D eigenvalue weighted by Gasteiger charge is -2.23. The molecule has 23 heavy (non-hydrogen) atoms. The largest absolute Gasteiger partial charge is 0.329 e. The molecule has 0 spiro atoms. The van der Waals surface area contributed by atoms with E-state index in [1.165, 1.54) is 11.2 Å². The molecule has 0 saturated carbocycles. The van der Waals surface area contributed by atoms with Gasteiger partial charge in [-0.25, -0.2) is 12.8 Å². The number of anilines is 1. The molecule has 0 bridgehead atoms. The van der Waals surface area contributed by atoms with Crippen molar-refractivity contribution in [2.75, 3.05) is 18.4 Å². The van der Waals surface area contributed by atoms with Gasteiger partial charge >= 0.3 is 0 Å². The third-order valence-corrected chi connectivity index (χ3v) is 5.79. The number of benzene rings is 1. The zero-order valence-electron chi connectivity index (χ0n) is 12.4. The van der Waals surface area contributed by atoms with Crippen LogP contribution in [0.4, 0.5) is 10.1 Å².